The lowest BCUT2D eigenvalue weighted by Crippen LogP contribution is -2.46. The molecule has 5 heteroatoms. The summed E-state index contributed by atoms with van der Waals surface area (Å²) < 4.78 is 5.28. The van der Waals surface area contributed by atoms with Crippen LogP contribution in [-0.4, -0.2) is 47.0 Å². The van der Waals surface area contributed by atoms with Gasteiger partial charge in [0.25, 0.3) is 0 Å². The minimum atomic E-state index is -0.447. The average Bonchev–Trinajstić information content (AvgIpc) is 3.28. The standard InChI is InChI=1S/C15H21NO4/c1-16(15(7-8-15)13(9-17)10-18)14(19)20-11-12-5-3-2-4-6-12/h2-6,13,17-18H,7-11H2,1H3. The molecule has 0 aliphatic heterocycles. The Morgan fingerprint density at radius 2 is 1.90 bits per heavy atom. The quantitative estimate of drug-likeness (QED) is 0.825. The van der Waals surface area contributed by atoms with Crippen molar-refractivity contribution in [3.8, 4) is 0 Å². The summed E-state index contributed by atoms with van der Waals surface area (Å²) in [4.78, 5) is 13.6. The van der Waals surface area contributed by atoms with E-state index >= 15 is 0 Å². The molecule has 110 valence electrons. The van der Waals surface area contributed by atoms with Crippen LogP contribution in [0.4, 0.5) is 4.79 Å². The average molecular weight is 279 g/mol. The smallest absolute Gasteiger partial charge is 0.410 e. The van der Waals surface area contributed by atoms with Gasteiger partial charge < -0.3 is 19.8 Å². The third kappa shape index (κ3) is 2.94. The van der Waals surface area contributed by atoms with Crippen LogP contribution in [0.1, 0.15) is 18.4 Å². The van der Waals surface area contributed by atoms with Gasteiger partial charge in [0.05, 0.1) is 18.8 Å². The SMILES string of the molecule is CN(C(=O)OCc1ccccc1)C1(C(CO)CO)CC1. The van der Waals surface area contributed by atoms with Crippen molar-refractivity contribution >= 4 is 6.09 Å². The van der Waals surface area contributed by atoms with Gasteiger partial charge in [0, 0.05) is 13.0 Å². The third-order valence-corrected chi connectivity index (χ3v) is 4.11. The first kappa shape index (κ1) is 14.8. The highest BCUT2D eigenvalue weighted by Crippen LogP contribution is 2.47. The second-order valence-corrected chi connectivity index (χ2v) is 5.26. The second kappa shape index (κ2) is 6.24. The van der Waals surface area contributed by atoms with E-state index in [4.69, 9.17) is 4.74 Å². The fourth-order valence-electron chi connectivity index (χ4n) is 2.54. The Kier molecular flexibility index (Phi) is 4.62. The van der Waals surface area contributed by atoms with Crippen molar-refractivity contribution in [1.29, 1.82) is 0 Å². The summed E-state index contributed by atoms with van der Waals surface area (Å²) in [5, 5.41) is 18.6. The van der Waals surface area contributed by atoms with E-state index in [1.54, 1.807) is 7.05 Å². The van der Waals surface area contributed by atoms with Gasteiger partial charge in [0.15, 0.2) is 0 Å². The van der Waals surface area contributed by atoms with Crippen molar-refractivity contribution < 1.29 is 19.7 Å². The first-order chi connectivity index (χ1) is 9.64. The van der Waals surface area contributed by atoms with Gasteiger partial charge in [-0.3, -0.25) is 0 Å². The molecular formula is C15H21NO4. The zero-order valence-electron chi connectivity index (χ0n) is 11.7. The van der Waals surface area contributed by atoms with Crippen LogP contribution >= 0.6 is 0 Å². The predicted molar refractivity (Wildman–Crippen MR) is 74.0 cm³/mol. The molecule has 0 spiro atoms. The lowest BCUT2D eigenvalue weighted by molar-refractivity contribution is 0.0383. The van der Waals surface area contributed by atoms with E-state index in [1.165, 1.54) is 4.90 Å². The summed E-state index contributed by atoms with van der Waals surface area (Å²) in [7, 11) is 1.67. The van der Waals surface area contributed by atoms with Crippen molar-refractivity contribution in [2.45, 2.75) is 25.0 Å². The normalized spacial score (nSPS) is 16.0. The zero-order valence-corrected chi connectivity index (χ0v) is 11.7. The Bertz CT molecular complexity index is 440. The van der Waals surface area contributed by atoms with Gasteiger partial charge >= 0.3 is 6.09 Å². The molecule has 0 aromatic heterocycles. The second-order valence-electron chi connectivity index (χ2n) is 5.26. The molecule has 0 heterocycles. The number of hydrogen-bond acceptors (Lipinski definition) is 4. The van der Waals surface area contributed by atoms with E-state index in [1.807, 2.05) is 30.3 Å². The molecule has 1 aliphatic carbocycles. The minimum absolute atomic E-state index is 0.132. The van der Waals surface area contributed by atoms with Gasteiger partial charge in [-0.15, -0.1) is 0 Å². The van der Waals surface area contributed by atoms with E-state index in [9.17, 15) is 15.0 Å². The van der Waals surface area contributed by atoms with Gasteiger partial charge in [0.2, 0.25) is 0 Å². The largest absolute Gasteiger partial charge is 0.445 e. The summed E-state index contributed by atoms with van der Waals surface area (Å²) >= 11 is 0. The fourth-order valence-corrected chi connectivity index (χ4v) is 2.54. The highest BCUT2D eigenvalue weighted by molar-refractivity contribution is 5.69. The Hall–Kier alpha value is -1.59. The Balaban J connectivity index is 1.92. The number of carbonyl (C=O) groups excluding carboxylic acids is 1. The zero-order chi connectivity index (χ0) is 14.6. The lowest BCUT2D eigenvalue weighted by atomic mass is 9.98. The van der Waals surface area contributed by atoms with E-state index in [2.05, 4.69) is 0 Å². The Morgan fingerprint density at radius 1 is 1.30 bits per heavy atom. The van der Waals surface area contributed by atoms with Crippen LogP contribution in [-0.2, 0) is 11.3 Å². The summed E-state index contributed by atoms with van der Waals surface area (Å²) in [5.74, 6) is -0.309. The van der Waals surface area contributed by atoms with Crippen LogP contribution in [0, 0.1) is 5.92 Å². The van der Waals surface area contributed by atoms with E-state index in [-0.39, 0.29) is 25.7 Å². The molecule has 1 aromatic rings. The number of hydrogen-bond donors (Lipinski definition) is 2. The van der Waals surface area contributed by atoms with Crippen LogP contribution in [0.5, 0.6) is 0 Å². The Morgan fingerprint density at radius 3 is 2.40 bits per heavy atom. The molecule has 0 atom stereocenters. The van der Waals surface area contributed by atoms with Crippen molar-refractivity contribution in [3.05, 3.63) is 35.9 Å². The number of rotatable bonds is 6. The predicted octanol–water partition coefficient (Wildman–Crippen LogP) is 1.39. The molecule has 0 unspecified atom stereocenters. The van der Waals surface area contributed by atoms with Gasteiger partial charge in [-0.1, -0.05) is 30.3 Å². The van der Waals surface area contributed by atoms with Crippen molar-refractivity contribution in [2.75, 3.05) is 20.3 Å². The number of carbonyl (C=O) groups is 1. The van der Waals surface area contributed by atoms with Crippen LogP contribution in [0.2, 0.25) is 0 Å². The van der Waals surface area contributed by atoms with Gasteiger partial charge in [-0.2, -0.15) is 0 Å². The summed E-state index contributed by atoms with van der Waals surface area (Å²) in [6.45, 7) is -0.0391. The minimum Gasteiger partial charge on any atom is -0.445 e. The monoisotopic (exact) mass is 279 g/mol. The number of aliphatic hydroxyl groups is 2. The van der Waals surface area contributed by atoms with Crippen LogP contribution in [0.3, 0.4) is 0 Å². The molecule has 1 amide bonds. The number of ether oxygens (including phenoxy) is 1. The molecule has 1 saturated carbocycles. The van der Waals surface area contributed by atoms with Gasteiger partial charge in [-0.05, 0) is 18.4 Å². The van der Waals surface area contributed by atoms with E-state index in [0.29, 0.717) is 0 Å². The van der Waals surface area contributed by atoms with Crippen molar-refractivity contribution in [1.82, 2.24) is 4.90 Å². The molecule has 0 bridgehead atoms. The highest BCUT2D eigenvalue weighted by Gasteiger charge is 2.54. The van der Waals surface area contributed by atoms with E-state index in [0.717, 1.165) is 18.4 Å². The van der Waals surface area contributed by atoms with Crippen molar-refractivity contribution in [3.63, 3.8) is 0 Å². The lowest BCUT2D eigenvalue weighted by Gasteiger charge is -2.32. The molecule has 1 fully saturated rings. The Labute approximate surface area is 118 Å². The maximum Gasteiger partial charge on any atom is 0.410 e. The first-order valence-corrected chi connectivity index (χ1v) is 6.80. The van der Waals surface area contributed by atoms with Crippen molar-refractivity contribution in [2.24, 2.45) is 5.92 Å². The van der Waals surface area contributed by atoms with E-state index < -0.39 is 11.6 Å². The number of benzene rings is 1. The van der Waals surface area contributed by atoms with Gasteiger partial charge in [-0.25, -0.2) is 4.79 Å². The molecule has 0 radical (unpaired) electrons. The number of aliphatic hydroxyl groups excluding tert-OH is 2. The fraction of sp³-hybridized carbons (Fsp3) is 0.533. The maximum absolute atomic E-state index is 12.1. The third-order valence-electron chi connectivity index (χ3n) is 4.11. The molecule has 2 rings (SSSR count). The molecule has 5 nitrogen and oxygen atoms in total. The maximum atomic E-state index is 12.1. The highest BCUT2D eigenvalue weighted by atomic mass is 16.6. The molecule has 1 aliphatic rings. The first-order valence-electron chi connectivity index (χ1n) is 6.80. The summed E-state index contributed by atoms with van der Waals surface area (Å²) in [5.41, 5.74) is 0.483. The van der Waals surface area contributed by atoms with Gasteiger partial charge in [0.1, 0.15) is 6.61 Å². The summed E-state index contributed by atoms with van der Waals surface area (Å²) in [6.07, 6.45) is 1.16. The number of amides is 1. The molecule has 1 aromatic carbocycles. The summed E-state index contributed by atoms with van der Waals surface area (Å²) in [6, 6.07) is 9.48. The van der Waals surface area contributed by atoms with Crippen LogP contribution < -0.4 is 0 Å². The molecule has 20 heavy (non-hydrogen) atoms. The van der Waals surface area contributed by atoms with Crippen LogP contribution in [0.25, 0.3) is 0 Å². The molecule has 2 N–H and O–H groups in total. The number of nitrogens with zero attached hydrogens (tertiary/aromatic N) is 1. The molecular weight excluding hydrogens is 258 g/mol. The van der Waals surface area contributed by atoms with Crippen LogP contribution in [0.15, 0.2) is 30.3 Å². The molecule has 0 saturated heterocycles. The topological polar surface area (TPSA) is 70.0 Å².